The van der Waals surface area contributed by atoms with Gasteiger partial charge in [0.15, 0.2) is 11.5 Å². The maximum absolute atomic E-state index is 14.0. The van der Waals surface area contributed by atoms with Gasteiger partial charge < -0.3 is 18.9 Å². The second-order valence-electron chi connectivity index (χ2n) is 8.85. The van der Waals surface area contributed by atoms with Crippen LogP contribution in [0.15, 0.2) is 42.1 Å². The topological polar surface area (TPSA) is 43.7 Å². The van der Waals surface area contributed by atoms with Gasteiger partial charge in [0.2, 0.25) is 5.78 Å². The van der Waals surface area contributed by atoms with E-state index in [4.69, 9.17) is 9.47 Å². The van der Waals surface area contributed by atoms with E-state index in [2.05, 4.69) is 29.4 Å². The summed E-state index contributed by atoms with van der Waals surface area (Å²) in [5.41, 5.74) is 5.32. The molecule has 0 saturated heterocycles. The number of likely N-dealkylation sites (N-methyl/N-ethyl adjacent to an activating group) is 1. The molecule has 0 saturated carbocycles. The van der Waals surface area contributed by atoms with Gasteiger partial charge >= 0.3 is 0 Å². The summed E-state index contributed by atoms with van der Waals surface area (Å²) in [6.07, 6.45) is 2.77. The number of benzene rings is 2. The van der Waals surface area contributed by atoms with Gasteiger partial charge in [-0.05, 0) is 62.6 Å². The molecule has 0 radical (unpaired) electrons. The minimum Gasteiger partial charge on any atom is -0.493 e. The van der Waals surface area contributed by atoms with Crippen LogP contribution in [0.1, 0.15) is 41.0 Å². The number of aryl methyl sites for hydroxylation is 1. The summed E-state index contributed by atoms with van der Waals surface area (Å²) in [4.78, 5) is 16.1. The Morgan fingerprint density at radius 1 is 1.03 bits per heavy atom. The molecule has 5 nitrogen and oxygen atoms in total. The number of aromatic nitrogens is 1. The number of allylic oxidation sites excluding steroid dienone is 1. The molecule has 0 aliphatic carbocycles. The fraction of sp³-hybridized carbons (Fsp3) is 0.346. The highest BCUT2D eigenvalue weighted by atomic mass is 16.5. The van der Waals surface area contributed by atoms with Crippen LogP contribution in [0.4, 0.5) is 0 Å². The molecule has 0 unspecified atom stereocenters. The van der Waals surface area contributed by atoms with E-state index in [-0.39, 0.29) is 11.3 Å². The summed E-state index contributed by atoms with van der Waals surface area (Å²) in [6, 6.07) is 12.1. The number of carbonyl (C=O) groups is 1. The number of hydrogen-bond acceptors (Lipinski definition) is 4. The molecule has 1 aliphatic rings. The number of ketones is 1. The van der Waals surface area contributed by atoms with E-state index in [9.17, 15) is 4.79 Å². The lowest BCUT2D eigenvalue weighted by Crippen LogP contribution is -2.43. The predicted octanol–water partition coefficient (Wildman–Crippen LogP) is 4.99. The molecule has 1 aromatic heterocycles. The smallest absolute Gasteiger partial charge is 0.211 e. The second-order valence-corrected chi connectivity index (χ2v) is 8.85. The van der Waals surface area contributed by atoms with Gasteiger partial charge in [-0.15, -0.1) is 0 Å². The van der Waals surface area contributed by atoms with Gasteiger partial charge in [-0.25, -0.2) is 0 Å². The first-order valence-corrected chi connectivity index (χ1v) is 10.5. The minimum absolute atomic E-state index is 0.0347. The largest absolute Gasteiger partial charge is 0.493 e. The van der Waals surface area contributed by atoms with Crippen molar-refractivity contribution >= 4 is 22.8 Å². The molecule has 0 amide bonds. The number of ether oxygens (including phenoxy) is 2. The Labute approximate surface area is 183 Å². The van der Waals surface area contributed by atoms with E-state index >= 15 is 0 Å². The number of fused-ring (bicyclic) bond motifs is 2. The van der Waals surface area contributed by atoms with Crippen molar-refractivity contribution < 1.29 is 14.3 Å². The normalized spacial score (nSPS) is 15.3. The molecule has 0 fully saturated rings. The molecule has 0 bridgehead atoms. The zero-order valence-corrected chi connectivity index (χ0v) is 19.4. The summed E-state index contributed by atoms with van der Waals surface area (Å²) in [5, 5.41) is 0.983. The highest BCUT2D eigenvalue weighted by molar-refractivity contribution is 6.18. The fourth-order valence-corrected chi connectivity index (χ4v) is 4.53. The van der Waals surface area contributed by atoms with Crippen molar-refractivity contribution in [3.05, 3.63) is 64.5 Å². The molecular formula is C26H30N2O3. The summed E-state index contributed by atoms with van der Waals surface area (Å²) in [6.45, 7) is 6.34. The van der Waals surface area contributed by atoms with E-state index < -0.39 is 0 Å². The van der Waals surface area contributed by atoms with Crippen molar-refractivity contribution in [1.29, 1.82) is 0 Å². The number of Topliss-reactive ketones (excluding diaryl/α,β-unsaturated/α-hetero) is 1. The lowest BCUT2D eigenvalue weighted by molar-refractivity contribution is 0.0958. The lowest BCUT2D eigenvalue weighted by atomic mass is 9.92. The van der Waals surface area contributed by atoms with Crippen molar-refractivity contribution in [3.63, 3.8) is 0 Å². The number of carbonyl (C=O) groups excluding carboxylic acids is 1. The number of rotatable bonds is 4. The summed E-state index contributed by atoms with van der Waals surface area (Å²) < 4.78 is 13.1. The monoisotopic (exact) mass is 418 g/mol. The second kappa shape index (κ2) is 7.49. The van der Waals surface area contributed by atoms with Crippen LogP contribution in [0, 0.1) is 6.92 Å². The van der Waals surface area contributed by atoms with Gasteiger partial charge in [0.05, 0.1) is 25.5 Å². The third-order valence-corrected chi connectivity index (χ3v) is 6.69. The van der Waals surface area contributed by atoms with Crippen molar-refractivity contribution in [2.75, 3.05) is 21.3 Å². The van der Waals surface area contributed by atoms with Gasteiger partial charge in [-0.3, -0.25) is 4.79 Å². The Morgan fingerprint density at radius 3 is 2.35 bits per heavy atom. The average molecular weight is 419 g/mol. The molecule has 1 aliphatic heterocycles. The molecule has 162 valence electrons. The maximum atomic E-state index is 14.0. The first kappa shape index (κ1) is 21.0. The van der Waals surface area contributed by atoms with Gasteiger partial charge in [-0.2, -0.15) is 0 Å². The van der Waals surface area contributed by atoms with Crippen LogP contribution in [0.25, 0.3) is 17.0 Å². The summed E-state index contributed by atoms with van der Waals surface area (Å²) >= 11 is 0. The van der Waals surface area contributed by atoms with Gasteiger partial charge in [-0.1, -0.05) is 18.2 Å². The van der Waals surface area contributed by atoms with Crippen LogP contribution in [0.3, 0.4) is 0 Å². The van der Waals surface area contributed by atoms with E-state index in [1.165, 1.54) is 0 Å². The van der Waals surface area contributed by atoms with E-state index in [1.54, 1.807) is 14.2 Å². The number of hydrogen-bond donors (Lipinski definition) is 0. The SMILES string of the molecule is COc1cc2c(cc1OC)CC(C)(C)N(C)C(C(=O)c1c(C)n(C)c3ccccc13)=C2. The van der Waals surface area contributed by atoms with Gasteiger partial charge in [0.25, 0.3) is 0 Å². The number of nitrogens with zero attached hydrogens (tertiary/aromatic N) is 2. The maximum Gasteiger partial charge on any atom is 0.211 e. The predicted molar refractivity (Wildman–Crippen MR) is 125 cm³/mol. The van der Waals surface area contributed by atoms with Crippen LogP contribution in [0.2, 0.25) is 0 Å². The lowest BCUT2D eigenvalue weighted by Gasteiger charge is -2.37. The zero-order chi connectivity index (χ0) is 22.5. The molecule has 3 aromatic rings. The molecule has 2 aromatic carbocycles. The fourth-order valence-electron chi connectivity index (χ4n) is 4.53. The van der Waals surface area contributed by atoms with Gasteiger partial charge in [0, 0.05) is 36.2 Å². The molecule has 31 heavy (non-hydrogen) atoms. The molecule has 4 rings (SSSR count). The molecule has 0 spiro atoms. The van der Waals surface area contributed by atoms with Crippen LogP contribution in [0.5, 0.6) is 11.5 Å². The molecule has 0 atom stereocenters. The molecule has 0 N–H and O–H groups in total. The third-order valence-electron chi connectivity index (χ3n) is 6.69. The Bertz CT molecular complexity index is 1220. The third kappa shape index (κ3) is 3.29. The Hall–Kier alpha value is -3.21. The van der Waals surface area contributed by atoms with Crippen LogP contribution >= 0.6 is 0 Å². The van der Waals surface area contributed by atoms with Gasteiger partial charge in [0.1, 0.15) is 0 Å². The minimum atomic E-state index is -0.259. The zero-order valence-electron chi connectivity index (χ0n) is 19.4. The van der Waals surface area contributed by atoms with Crippen molar-refractivity contribution in [1.82, 2.24) is 9.47 Å². The molecule has 2 heterocycles. The quantitative estimate of drug-likeness (QED) is 0.560. The highest BCUT2D eigenvalue weighted by Crippen LogP contribution is 2.39. The standard InChI is InChI=1S/C26H30N2O3/c1-16-24(19-10-8-9-11-20(19)27(16)4)25(29)21-12-17-13-22(30-6)23(31-7)14-18(17)15-26(2,3)28(21)5/h8-14H,15H2,1-7H3. The van der Waals surface area contributed by atoms with E-state index in [0.29, 0.717) is 17.2 Å². The first-order chi connectivity index (χ1) is 14.7. The van der Waals surface area contributed by atoms with Crippen LogP contribution < -0.4 is 9.47 Å². The molecule has 5 heteroatoms. The molecular weight excluding hydrogens is 388 g/mol. The number of methoxy groups -OCH3 is 2. The average Bonchev–Trinajstić information content (AvgIpc) is 2.95. The summed E-state index contributed by atoms with van der Waals surface area (Å²) in [5.74, 6) is 1.40. The Kier molecular flexibility index (Phi) is 5.08. The Balaban J connectivity index is 1.94. The van der Waals surface area contributed by atoms with Crippen LogP contribution in [-0.4, -0.2) is 42.1 Å². The van der Waals surface area contributed by atoms with Crippen molar-refractivity contribution in [3.8, 4) is 11.5 Å². The number of para-hydroxylation sites is 1. The van der Waals surface area contributed by atoms with Crippen LogP contribution in [-0.2, 0) is 13.5 Å². The Morgan fingerprint density at radius 2 is 1.68 bits per heavy atom. The van der Waals surface area contributed by atoms with E-state index in [1.807, 2.05) is 57.4 Å². The van der Waals surface area contributed by atoms with Crippen molar-refractivity contribution in [2.45, 2.75) is 32.7 Å². The first-order valence-electron chi connectivity index (χ1n) is 10.5. The summed E-state index contributed by atoms with van der Waals surface area (Å²) in [7, 11) is 7.29. The van der Waals surface area contributed by atoms with E-state index in [0.717, 1.165) is 39.7 Å². The highest BCUT2D eigenvalue weighted by Gasteiger charge is 2.34. The van der Waals surface area contributed by atoms with Crippen molar-refractivity contribution in [2.24, 2.45) is 7.05 Å².